The fourth-order valence-corrected chi connectivity index (χ4v) is 2.55. The molecular weight excluding hydrogens is 331 g/mol. The molecule has 3 rings (SSSR count). The van der Waals surface area contributed by atoms with Crippen molar-refractivity contribution in [3.8, 4) is 11.1 Å². The average molecular weight is 345 g/mol. The van der Waals surface area contributed by atoms with Gasteiger partial charge < -0.3 is 5.32 Å². The molecule has 0 radical (unpaired) electrons. The van der Waals surface area contributed by atoms with Crippen molar-refractivity contribution in [3.63, 3.8) is 0 Å². The van der Waals surface area contributed by atoms with Crippen molar-refractivity contribution >= 4 is 11.6 Å². The number of rotatable bonds is 3. The number of nitrogens with zero attached hydrogens (tertiary/aromatic N) is 2. The zero-order valence-corrected chi connectivity index (χ0v) is 13.5. The van der Waals surface area contributed by atoms with Crippen LogP contribution in [0.1, 0.15) is 16.1 Å². The molecular formula is C18H14F3N3O. The van der Waals surface area contributed by atoms with Crippen LogP contribution in [-0.4, -0.2) is 15.7 Å². The van der Waals surface area contributed by atoms with Crippen molar-refractivity contribution in [1.82, 2.24) is 9.78 Å². The molecule has 128 valence electrons. The number of nitrogens with one attached hydrogen (secondary N) is 1. The Hall–Kier alpha value is -3.09. The number of aromatic nitrogens is 2. The van der Waals surface area contributed by atoms with Crippen molar-refractivity contribution in [2.45, 2.75) is 6.92 Å². The number of carbonyl (C=O) groups is 1. The van der Waals surface area contributed by atoms with E-state index < -0.39 is 23.4 Å². The van der Waals surface area contributed by atoms with Gasteiger partial charge in [0.1, 0.15) is 5.82 Å². The molecule has 25 heavy (non-hydrogen) atoms. The summed E-state index contributed by atoms with van der Waals surface area (Å²) in [6.45, 7) is 1.68. The minimum absolute atomic E-state index is 0.0343. The first-order chi connectivity index (χ1) is 11.9. The molecule has 0 aliphatic rings. The number of amides is 1. The molecule has 0 spiro atoms. The molecule has 0 saturated carbocycles. The number of hydrogen-bond donors (Lipinski definition) is 1. The highest BCUT2D eigenvalue weighted by atomic mass is 19.2. The van der Waals surface area contributed by atoms with Gasteiger partial charge in [-0.05, 0) is 31.2 Å². The summed E-state index contributed by atoms with van der Waals surface area (Å²) in [6.07, 6.45) is 1.57. The Morgan fingerprint density at radius 3 is 2.40 bits per heavy atom. The van der Waals surface area contributed by atoms with Gasteiger partial charge in [0.15, 0.2) is 11.6 Å². The average Bonchev–Trinajstić information content (AvgIpc) is 2.90. The number of hydrogen-bond acceptors (Lipinski definition) is 2. The summed E-state index contributed by atoms with van der Waals surface area (Å²) in [6, 6.07) is 7.85. The predicted octanol–water partition coefficient (Wildman–Crippen LogP) is 4.07. The zero-order chi connectivity index (χ0) is 18.1. The van der Waals surface area contributed by atoms with E-state index in [1.807, 2.05) is 0 Å². The summed E-state index contributed by atoms with van der Waals surface area (Å²) < 4.78 is 43.9. The molecule has 4 nitrogen and oxygen atoms in total. The van der Waals surface area contributed by atoms with E-state index in [4.69, 9.17) is 0 Å². The van der Waals surface area contributed by atoms with Crippen LogP contribution in [0.4, 0.5) is 18.9 Å². The van der Waals surface area contributed by atoms with Crippen molar-refractivity contribution in [1.29, 1.82) is 0 Å². The van der Waals surface area contributed by atoms with E-state index in [9.17, 15) is 18.0 Å². The Balaban J connectivity index is 1.94. The molecule has 0 bridgehead atoms. The van der Waals surface area contributed by atoms with Gasteiger partial charge in [0, 0.05) is 24.4 Å². The van der Waals surface area contributed by atoms with E-state index in [0.29, 0.717) is 11.3 Å². The van der Waals surface area contributed by atoms with Crippen LogP contribution in [0, 0.1) is 24.4 Å². The Morgan fingerprint density at radius 1 is 1.04 bits per heavy atom. The van der Waals surface area contributed by atoms with Gasteiger partial charge in [-0.3, -0.25) is 9.48 Å². The van der Waals surface area contributed by atoms with E-state index in [1.54, 1.807) is 20.2 Å². The summed E-state index contributed by atoms with van der Waals surface area (Å²) in [5, 5.41) is 6.29. The molecule has 0 unspecified atom stereocenters. The lowest BCUT2D eigenvalue weighted by atomic mass is 10.1. The van der Waals surface area contributed by atoms with Crippen molar-refractivity contribution in [2.75, 3.05) is 5.32 Å². The standard InChI is InChI=1S/C18H14F3N3O/c1-10-13(9-24(2)23-10)11-7-8-15(17(21)16(11)20)22-18(25)12-5-3-4-6-14(12)19/h3-9H,1-2H3,(H,22,25). The largest absolute Gasteiger partial charge is 0.319 e. The Bertz CT molecular complexity index is 966. The second kappa shape index (κ2) is 6.43. The molecule has 1 heterocycles. The number of aryl methyl sites for hydroxylation is 2. The molecule has 0 aliphatic carbocycles. The SMILES string of the molecule is Cc1nn(C)cc1-c1ccc(NC(=O)c2ccccc2F)c(F)c1F. The number of carbonyl (C=O) groups excluding carboxylic acids is 1. The van der Waals surface area contributed by atoms with Crippen molar-refractivity contribution < 1.29 is 18.0 Å². The molecule has 3 aromatic rings. The Labute approximate surface area is 141 Å². The molecule has 0 fully saturated rings. The number of anilines is 1. The fourth-order valence-electron chi connectivity index (χ4n) is 2.55. The van der Waals surface area contributed by atoms with Crippen LogP contribution in [-0.2, 0) is 7.05 Å². The highest BCUT2D eigenvalue weighted by Crippen LogP contribution is 2.30. The van der Waals surface area contributed by atoms with Crippen LogP contribution in [0.5, 0.6) is 0 Å². The summed E-state index contributed by atoms with van der Waals surface area (Å²) in [5.74, 6) is -3.93. The monoisotopic (exact) mass is 345 g/mol. The maximum Gasteiger partial charge on any atom is 0.258 e. The molecule has 1 aromatic heterocycles. The van der Waals surface area contributed by atoms with Gasteiger partial charge in [0.05, 0.1) is 16.9 Å². The van der Waals surface area contributed by atoms with Crippen LogP contribution in [0.3, 0.4) is 0 Å². The topological polar surface area (TPSA) is 46.9 Å². The molecule has 0 aliphatic heterocycles. The maximum absolute atomic E-state index is 14.4. The first kappa shape index (κ1) is 16.8. The molecule has 7 heteroatoms. The number of benzene rings is 2. The summed E-state index contributed by atoms with van der Waals surface area (Å²) in [5.41, 5.74) is 0.410. The van der Waals surface area contributed by atoms with Crippen LogP contribution in [0.15, 0.2) is 42.6 Å². The van der Waals surface area contributed by atoms with Crippen LogP contribution >= 0.6 is 0 Å². The van der Waals surface area contributed by atoms with E-state index >= 15 is 0 Å². The third-order valence-electron chi connectivity index (χ3n) is 3.75. The van der Waals surface area contributed by atoms with E-state index in [-0.39, 0.29) is 16.8 Å². The maximum atomic E-state index is 14.4. The van der Waals surface area contributed by atoms with Gasteiger partial charge in [-0.2, -0.15) is 5.10 Å². The molecule has 0 atom stereocenters. The first-order valence-electron chi connectivity index (χ1n) is 7.43. The summed E-state index contributed by atoms with van der Waals surface area (Å²) >= 11 is 0. The minimum atomic E-state index is -1.22. The molecule has 1 N–H and O–H groups in total. The minimum Gasteiger partial charge on any atom is -0.319 e. The highest BCUT2D eigenvalue weighted by molar-refractivity contribution is 6.04. The van der Waals surface area contributed by atoms with Crippen LogP contribution in [0.2, 0.25) is 0 Å². The normalized spacial score (nSPS) is 10.8. The van der Waals surface area contributed by atoms with E-state index in [0.717, 1.165) is 6.07 Å². The quantitative estimate of drug-likeness (QED) is 0.778. The summed E-state index contributed by atoms with van der Waals surface area (Å²) in [7, 11) is 1.67. The third-order valence-corrected chi connectivity index (χ3v) is 3.75. The Morgan fingerprint density at radius 2 is 1.76 bits per heavy atom. The van der Waals surface area contributed by atoms with Gasteiger partial charge in [-0.15, -0.1) is 0 Å². The van der Waals surface area contributed by atoms with Gasteiger partial charge in [-0.1, -0.05) is 12.1 Å². The van der Waals surface area contributed by atoms with E-state index in [2.05, 4.69) is 10.4 Å². The lowest BCUT2D eigenvalue weighted by Gasteiger charge is -2.10. The summed E-state index contributed by atoms with van der Waals surface area (Å²) in [4.78, 5) is 12.1. The third kappa shape index (κ3) is 3.13. The lowest BCUT2D eigenvalue weighted by Crippen LogP contribution is -2.15. The van der Waals surface area contributed by atoms with E-state index in [1.165, 1.54) is 35.0 Å². The van der Waals surface area contributed by atoms with Crippen molar-refractivity contribution in [2.24, 2.45) is 7.05 Å². The molecule has 2 aromatic carbocycles. The smallest absolute Gasteiger partial charge is 0.258 e. The van der Waals surface area contributed by atoms with Gasteiger partial charge >= 0.3 is 0 Å². The zero-order valence-electron chi connectivity index (χ0n) is 13.5. The van der Waals surface area contributed by atoms with Gasteiger partial charge in [0.2, 0.25) is 0 Å². The molecule has 1 amide bonds. The first-order valence-corrected chi connectivity index (χ1v) is 7.43. The fraction of sp³-hybridized carbons (Fsp3) is 0.111. The Kier molecular flexibility index (Phi) is 4.31. The van der Waals surface area contributed by atoms with Crippen LogP contribution in [0.25, 0.3) is 11.1 Å². The second-order valence-electron chi connectivity index (χ2n) is 5.52. The predicted molar refractivity (Wildman–Crippen MR) is 87.7 cm³/mol. The van der Waals surface area contributed by atoms with Gasteiger partial charge in [0.25, 0.3) is 5.91 Å². The second-order valence-corrected chi connectivity index (χ2v) is 5.52. The number of halogens is 3. The van der Waals surface area contributed by atoms with Crippen molar-refractivity contribution in [3.05, 3.63) is 71.3 Å². The van der Waals surface area contributed by atoms with Gasteiger partial charge in [-0.25, -0.2) is 13.2 Å². The van der Waals surface area contributed by atoms with Crippen LogP contribution < -0.4 is 5.32 Å². The lowest BCUT2D eigenvalue weighted by molar-refractivity contribution is 0.102. The molecule has 0 saturated heterocycles. The highest BCUT2D eigenvalue weighted by Gasteiger charge is 2.20.